The van der Waals surface area contributed by atoms with Crippen molar-refractivity contribution in [3.63, 3.8) is 0 Å². The number of halogens is 3. The lowest BCUT2D eigenvalue weighted by Crippen LogP contribution is -2.36. The van der Waals surface area contributed by atoms with E-state index in [1.807, 2.05) is 6.08 Å². The number of fused-ring (bicyclic) bond motifs is 1. The van der Waals surface area contributed by atoms with E-state index in [0.717, 1.165) is 31.6 Å². The van der Waals surface area contributed by atoms with Crippen molar-refractivity contribution in [1.29, 1.82) is 0 Å². The summed E-state index contributed by atoms with van der Waals surface area (Å²) < 4.78 is 39.8. The molecule has 3 rings (SSSR count). The number of allylic oxidation sites excluding steroid dienone is 1. The minimum Gasteiger partial charge on any atom is -0.170 e. The summed E-state index contributed by atoms with van der Waals surface area (Å²) in [6, 6.07) is 0. The summed E-state index contributed by atoms with van der Waals surface area (Å²) >= 11 is 0. The quantitative estimate of drug-likeness (QED) is 0.472. The molecule has 0 amide bonds. The molecule has 0 N–H and O–H groups in total. The lowest BCUT2D eigenvalue weighted by Gasteiger charge is -2.42. The molecule has 3 aliphatic rings. The first-order valence-electron chi connectivity index (χ1n) is 9.22. The first-order valence-corrected chi connectivity index (χ1v) is 9.22. The second-order valence-electron chi connectivity index (χ2n) is 9.60. The Kier molecular flexibility index (Phi) is 3.97. The van der Waals surface area contributed by atoms with Crippen molar-refractivity contribution in [2.24, 2.45) is 34.0 Å². The summed E-state index contributed by atoms with van der Waals surface area (Å²) in [7, 11) is 0. The Morgan fingerprint density at radius 3 is 2.35 bits per heavy atom. The first-order chi connectivity index (χ1) is 10.5. The Morgan fingerprint density at radius 1 is 1.22 bits per heavy atom. The first kappa shape index (κ1) is 17.4. The second-order valence-corrected chi connectivity index (χ2v) is 9.60. The van der Waals surface area contributed by atoms with Gasteiger partial charge in [0, 0.05) is 0 Å². The van der Waals surface area contributed by atoms with Gasteiger partial charge in [-0.15, -0.1) is 6.58 Å². The molecule has 0 aromatic rings. The molecule has 0 saturated heterocycles. The van der Waals surface area contributed by atoms with E-state index in [2.05, 4.69) is 27.4 Å². The number of hydrogen-bond acceptors (Lipinski definition) is 0. The van der Waals surface area contributed by atoms with E-state index in [0.29, 0.717) is 24.2 Å². The summed E-state index contributed by atoms with van der Waals surface area (Å²) in [4.78, 5) is 0. The van der Waals surface area contributed by atoms with Crippen LogP contribution in [-0.4, -0.2) is 6.18 Å². The van der Waals surface area contributed by atoms with Gasteiger partial charge < -0.3 is 0 Å². The molecule has 132 valence electrons. The highest BCUT2D eigenvalue weighted by atomic mass is 19.4. The standard InChI is InChI=1S/C20H31F3/c1-5-8-18(4,9-6-15-12-17(15,2)3)14-7-10-19(20(21,22)23)13-16(19)11-14/h5,14-16H,1,6-13H2,2-4H3. The average molecular weight is 328 g/mol. The molecular weight excluding hydrogens is 297 g/mol. The Hall–Kier alpha value is -0.470. The van der Waals surface area contributed by atoms with Crippen molar-refractivity contribution < 1.29 is 13.2 Å². The smallest absolute Gasteiger partial charge is 0.170 e. The molecule has 5 atom stereocenters. The van der Waals surface area contributed by atoms with Gasteiger partial charge >= 0.3 is 6.18 Å². The number of rotatable bonds is 6. The summed E-state index contributed by atoms with van der Waals surface area (Å²) in [5.41, 5.74) is -0.679. The lowest BCUT2D eigenvalue weighted by molar-refractivity contribution is -0.201. The minimum atomic E-state index is -3.99. The third-order valence-electron chi connectivity index (χ3n) is 7.68. The summed E-state index contributed by atoms with van der Waals surface area (Å²) in [6.45, 7) is 10.9. The Morgan fingerprint density at radius 2 is 1.87 bits per heavy atom. The zero-order valence-electron chi connectivity index (χ0n) is 14.8. The third kappa shape index (κ3) is 2.98. The van der Waals surface area contributed by atoms with E-state index in [9.17, 15) is 13.2 Å². The van der Waals surface area contributed by atoms with Crippen LogP contribution in [-0.2, 0) is 0 Å². The van der Waals surface area contributed by atoms with Gasteiger partial charge in [0.25, 0.3) is 0 Å². The summed E-state index contributed by atoms with van der Waals surface area (Å²) in [5.74, 6) is 1.14. The van der Waals surface area contributed by atoms with Crippen molar-refractivity contribution >= 4 is 0 Å². The number of hydrogen-bond donors (Lipinski definition) is 0. The van der Waals surface area contributed by atoms with Gasteiger partial charge in [-0.3, -0.25) is 0 Å². The molecule has 0 aliphatic heterocycles. The van der Waals surface area contributed by atoms with Crippen molar-refractivity contribution in [3.05, 3.63) is 12.7 Å². The molecule has 5 unspecified atom stereocenters. The van der Waals surface area contributed by atoms with Gasteiger partial charge in [0.05, 0.1) is 5.41 Å². The van der Waals surface area contributed by atoms with Crippen molar-refractivity contribution in [3.8, 4) is 0 Å². The fraction of sp³-hybridized carbons (Fsp3) is 0.900. The normalized spacial score (nSPS) is 40.9. The maximum atomic E-state index is 13.3. The highest BCUT2D eigenvalue weighted by Crippen LogP contribution is 2.71. The van der Waals surface area contributed by atoms with Gasteiger partial charge in [0.2, 0.25) is 0 Å². The van der Waals surface area contributed by atoms with Gasteiger partial charge in [-0.25, -0.2) is 0 Å². The molecule has 0 aromatic heterocycles. The largest absolute Gasteiger partial charge is 0.394 e. The molecular formula is C20H31F3. The molecule has 0 bridgehead atoms. The van der Waals surface area contributed by atoms with Gasteiger partial charge in [0.15, 0.2) is 0 Å². The molecule has 3 aliphatic carbocycles. The second kappa shape index (κ2) is 5.26. The van der Waals surface area contributed by atoms with Crippen molar-refractivity contribution in [2.45, 2.75) is 78.3 Å². The van der Waals surface area contributed by atoms with Gasteiger partial charge in [-0.05, 0) is 80.0 Å². The van der Waals surface area contributed by atoms with Crippen LogP contribution < -0.4 is 0 Å². The van der Waals surface area contributed by atoms with Crippen LogP contribution in [0.5, 0.6) is 0 Å². The van der Waals surface area contributed by atoms with E-state index in [4.69, 9.17) is 0 Å². The van der Waals surface area contributed by atoms with E-state index in [1.165, 1.54) is 12.8 Å². The predicted molar refractivity (Wildman–Crippen MR) is 88.0 cm³/mol. The lowest BCUT2D eigenvalue weighted by atomic mass is 9.64. The van der Waals surface area contributed by atoms with Crippen LogP contribution >= 0.6 is 0 Å². The Labute approximate surface area is 138 Å². The SMILES string of the molecule is C=CCC(C)(CCC1CC1(C)C)C1CCC2(C(F)(F)F)CC2C1. The molecule has 0 radical (unpaired) electrons. The molecule has 3 saturated carbocycles. The fourth-order valence-corrected chi connectivity index (χ4v) is 5.39. The van der Waals surface area contributed by atoms with Crippen LogP contribution in [0.25, 0.3) is 0 Å². The Balaban J connectivity index is 1.62. The monoisotopic (exact) mass is 328 g/mol. The van der Waals surface area contributed by atoms with Crippen LogP contribution in [0.2, 0.25) is 0 Å². The molecule has 3 fully saturated rings. The third-order valence-corrected chi connectivity index (χ3v) is 7.68. The maximum Gasteiger partial charge on any atom is 0.394 e. The topological polar surface area (TPSA) is 0 Å². The van der Waals surface area contributed by atoms with Crippen molar-refractivity contribution in [2.75, 3.05) is 0 Å². The molecule has 0 aromatic carbocycles. The summed E-state index contributed by atoms with van der Waals surface area (Å²) in [6.07, 6.45) is 4.86. The van der Waals surface area contributed by atoms with Crippen LogP contribution in [0.1, 0.15) is 72.1 Å². The van der Waals surface area contributed by atoms with Crippen LogP contribution in [0.3, 0.4) is 0 Å². The summed E-state index contributed by atoms with van der Waals surface area (Å²) in [5, 5.41) is 0. The molecule has 23 heavy (non-hydrogen) atoms. The Bertz CT molecular complexity index is 478. The minimum absolute atomic E-state index is 0.109. The van der Waals surface area contributed by atoms with Gasteiger partial charge in [-0.1, -0.05) is 26.8 Å². The van der Waals surface area contributed by atoms with Crippen molar-refractivity contribution in [1.82, 2.24) is 0 Å². The van der Waals surface area contributed by atoms with E-state index >= 15 is 0 Å². The van der Waals surface area contributed by atoms with Crippen LogP contribution in [0, 0.1) is 34.0 Å². The molecule has 0 heterocycles. The van der Waals surface area contributed by atoms with Crippen LogP contribution in [0.4, 0.5) is 13.2 Å². The maximum absolute atomic E-state index is 13.3. The predicted octanol–water partition coefficient (Wildman–Crippen LogP) is 6.76. The zero-order chi connectivity index (χ0) is 17.1. The fourth-order valence-electron chi connectivity index (χ4n) is 5.39. The number of alkyl halides is 3. The average Bonchev–Trinajstić information content (AvgIpc) is 3.30. The van der Waals surface area contributed by atoms with E-state index < -0.39 is 11.6 Å². The zero-order valence-corrected chi connectivity index (χ0v) is 14.8. The molecule has 3 heteroatoms. The highest BCUT2D eigenvalue weighted by Gasteiger charge is 2.71. The van der Waals surface area contributed by atoms with E-state index in [1.54, 1.807) is 0 Å². The van der Waals surface area contributed by atoms with Gasteiger partial charge in [-0.2, -0.15) is 13.2 Å². The van der Waals surface area contributed by atoms with Crippen LogP contribution in [0.15, 0.2) is 12.7 Å². The molecule has 0 spiro atoms. The van der Waals surface area contributed by atoms with E-state index in [-0.39, 0.29) is 11.3 Å². The van der Waals surface area contributed by atoms with Gasteiger partial charge in [0.1, 0.15) is 0 Å². The molecule has 0 nitrogen and oxygen atoms in total. The highest BCUT2D eigenvalue weighted by molar-refractivity contribution is 5.12.